The Hall–Kier alpha value is -2.09. The molecular formula is C10H13N5O2S. The van der Waals surface area contributed by atoms with Crippen LogP contribution in [-0.4, -0.2) is 23.2 Å². The second kappa shape index (κ2) is 4.65. The highest BCUT2D eigenvalue weighted by Crippen LogP contribution is 2.18. The van der Waals surface area contributed by atoms with Crippen LogP contribution in [0.3, 0.4) is 0 Å². The minimum Gasteiger partial charge on any atom is -0.396 e. The molecule has 0 saturated carbocycles. The lowest BCUT2D eigenvalue weighted by Gasteiger charge is -2.06. The van der Waals surface area contributed by atoms with E-state index in [1.54, 1.807) is 16.9 Å². The number of nitrogens with two attached hydrogens (primary N) is 1. The van der Waals surface area contributed by atoms with Crippen LogP contribution in [0.2, 0.25) is 0 Å². The van der Waals surface area contributed by atoms with Crippen LogP contribution in [0.4, 0.5) is 11.4 Å². The molecule has 96 valence electrons. The molecule has 0 aliphatic carbocycles. The molecule has 2 aromatic rings. The quantitative estimate of drug-likeness (QED) is 0.848. The highest BCUT2D eigenvalue weighted by atomic mass is 32.2. The summed E-state index contributed by atoms with van der Waals surface area (Å²) in [4.78, 5) is 3.77. The van der Waals surface area contributed by atoms with Crippen molar-refractivity contribution in [2.45, 2.75) is 18.5 Å². The summed E-state index contributed by atoms with van der Waals surface area (Å²) < 4.78 is 28.0. The fraction of sp³-hybridized carbons (Fsp3) is 0.200. The molecule has 7 nitrogen and oxygen atoms in total. The van der Waals surface area contributed by atoms with Gasteiger partial charge in [0.05, 0.1) is 17.6 Å². The molecule has 0 amide bonds. The van der Waals surface area contributed by atoms with Crippen molar-refractivity contribution >= 4 is 21.4 Å². The highest BCUT2D eigenvalue weighted by Gasteiger charge is 2.19. The zero-order chi connectivity index (χ0) is 13.2. The van der Waals surface area contributed by atoms with Crippen molar-refractivity contribution in [3.05, 3.63) is 30.7 Å². The van der Waals surface area contributed by atoms with Crippen molar-refractivity contribution in [3.63, 3.8) is 0 Å². The number of aryl methyl sites for hydroxylation is 1. The van der Waals surface area contributed by atoms with E-state index in [0.717, 1.165) is 0 Å². The Kier molecular flexibility index (Phi) is 3.19. The van der Waals surface area contributed by atoms with Gasteiger partial charge in [-0.1, -0.05) is 0 Å². The van der Waals surface area contributed by atoms with Gasteiger partial charge < -0.3 is 5.73 Å². The van der Waals surface area contributed by atoms with Crippen molar-refractivity contribution in [3.8, 4) is 0 Å². The van der Waals surface area contributed by atoms with E-state index in [4.69, 9.17) is 5.73 Å². The lowest BCUT2D eigenvalue weighted by molar-refractivity contribution is 0.598. The molecule has 0 bridgehead atoms. The van der Waals surface area contributed by atoms with E-state index >= 15 is 0 Å². The molecule has 0 aliphatic heterocycles. The normalized spacial score (nSPS) is 11.4. The molecule has 3 N–H and O–H groups in total. The van der Waals surface area contributed by atoms with Crippen molar-refractivity contribution < 1.29 is 8.42 Å². The maximum absolute atomic E-state index is 12.0. The first-order valence-corrected chi connectivity index (χ1v) is 6.77. The van der Waals surface area contributed by atoms with Crippen molar-refractivity contribution in [1.82, 2.24) is 14.8 Å². The minimum atomic E-state index is -3.78. The number of sulfonamides is 1. The van der Waals surface area contributed by atoms with E-state index in [0.29, 0.717) is 12.2 Å². The molecule has 0 radical (unpaired) electrons. The lowest BCUT2D eigenvalue weighted by atomic mass is 10.4. The molecule has 0 saturated heterocycles. The van der Waals surface area contributed by atoms with Gasteiger partial charge in [-0.2, -0.15) is 13.5 Å². The molecule has 2 rings (SSSR count). The van der Waals surface area contributed by atoms with Gasteiger partial charge in [-0.05, 0) is 19.1 Å². The molecule has 8 heteroatoms. The Morgan fingerprint density at radius 3 is 2.89 bits per heavy atom. The van der Waals surface area contributed by atoms with E-state index in [1.165, 1.54) is 18.5 Å². The molecule has 2 aromatic heterocycles. The van der Waals surface area contributed by atoms with Crippen molar-refractivity contribution in [2.24, 2.45) is 0 Å². The third kappa shape index (κ3) is 2.43. The van der Waals surface area contributed by atoms with Gasteiger partial charge in [0.1, 0.15) is 0 Å². The van der Waals surface area contributed by atoms with Crippen LogP contribution in [0.25, 0.3) is 0 Å². The summed E-state index contributed by atoms with van der Waals surface area (Å²) in [6.45, 7) is 2.56. The number of rotatable bonds is 4. The minimum absolute atomic E-state index is 0.105. The maximum atomic E-state index is 12.0. The Labute approximate surface area is 105 Å². The zero-order valence-corrected chi connectivity index (χ0v) is 10.6. The lowest BCUT2D eigenvalue weighted by Crippen LogP contribution is -2.16. The summed E-state index contributed by atoms with van der Waals surface area (Å²) in [5, 5.41) is 3.79. The van der Waals surface area contributed by atoms with E-state index in [2.05, 4.69) is 14.8 Å². The van der Waals surface area contributed by atoms with Crippen LogP contribution in [0.15, 0.2) is 35.7 Å². The summed E-state index contributed by atoms with van der Waals surface area (Å²) in [7, 11) is -3.78. The fourth-order valence-electron chi connectivity index (χ4n) is 1.42. The summed E-state index contributed by atoms with van der Waals surface area (Å²) in [5.41, 5.74) is 6.07. The smallest absolute Gasteiger partial charge is 0.281 e. The monoisotopic (exact) mass is 267 g/mol. The number of hydrogen-bond acceptors (Lipinski definition) is 5. The SMILES string of the molecule is CCn1cc(NS(=O)(=O)c2ncccc2N)cn1. The van der Waals surface area contributed by atoms with Gasteiger partial charge in [0.2, 0.25) is 0 Å². The third-order valence-corrected chi connectivity index (χ3v) is 3.62. The molecular weight excluding hydrogens is 254 g/mol. The van der Waals surface area contributed by atoms with Crippen molar-refractivity contribution in [1.29, 1.82) is 0 Å². The number of nitrogens with zero attached hydrogens (tertiary/aromatic N) is 3. The molecule has 0 unspecified atom stereocenters. The predicted molar refractivity (Wildman–Crippen MR) is 67.4 cm³/mol. The first-order valence-electron chi connectivity index (χ1n) is 5.28. The van der Waals surface area contributed by atoms with E-state index in [1.807, 2.05) is 6.92 Å². The topological polar surface area (TPSA) is 103 Å². The van der Waals surface area contributed by atoms with Crippen LogP contribution in [0.1, 0.15) is 6.92 Å². The molecule has 18 heavy (non-hydrogen) atoms. The second-order valence-electron chi connectivity index (χ2n) is 3.59. The largest absolute Gasteiger partial charge is 0.396 e. The number of hydrogen-bond donors (Lipinski definition) is 2. The molecule has 0 aliphatic rings. The molecule has 0 atom stereocenters. The number of pyridine rings is 1. The predicted octanol–water partition coefficient (Wildman–Crippen LogP) is 0.681. The average Bonchev–Trinajstić information content (AvgIpc) is 2.76. The second-order valence-corrected chi connectivity index (χ2v) is 5.19. The molecule has 0 aromatic carbocycles. The van der Waals surface area contributed by atoms with Gasteiger partial charge >= 0.3 is 0 Å². The fourth-order valence-corrected chi connectivity index (χ4v) is 2.51. The number of nitrogen functional groups attached to an aromatic ring is 1. The average molecular weight is 267 g/mol. The van der Waals surface area contributed by atoms with Crippen LogP contribution in [0, 0.1) is 0 Å². The summed E-state index contributed by atoms with van der Waals surface area (Å²) >= 11 is 0. The first kappa shape index (κ1) is 12.4. The van der Waals surface area contributed by atoms with Gasteiger partial charge in [-0.25, -0.2) is 4.98 Å². The van der Waals surface area contributed by atoms with Crippen LogP contribution < -0.4 is 10.5 Å². The number of aromatic nitrogens is 3. The Morgan fingerprint density at radius 2 is 2.28 bits per heavy atom. The molecule has 2 heterocycles. The van der Waals surface area contributed by atoms with Crippen LogP contribution in [-0.2, 0) is 16.6 Å². The third-order valence-electron chi connectivity index (χ3n) is 2.26. The molecule has 0 fully saturated rings. The maximum Gasteiger partial charge on any atom is 0.281 e. The van der Waals surface area contributed by atoms with E-state index in [9.17, 15) is 8.42 Å². The van der Waals surface area contributed by atoms with Gasteiger partial charge in [0.15, 0.2) is 5.03 Å². The summed E-state index contributed by atoms with van der Waals surface area (Å²) in [6, 6.07) is 3.06. The Bertz CT molecular complexity index is 650. The summed E-state index contributed by atoms with van der Waals surface area (Å²) in [5.74, 6) is 0. The Balaban J connectivity index is 2.30. The van der Waals surface area contributed by atoms with Gasteiger partial charge in [-0.3, -0.25) is 9.40 Å². The summed E-state index contributed by atoms with van der Waals surface area (Å²) in [6.07, 6.45) is 4.40. The Morgan fingerprint density at radius 1 is 1.50 bits per heavy atom. The molecule has 0 spiro atoms. The van der Waals surface area contributed by atoms with Crippen molar-refractivity contribution in [2.75, 3.05) is 10.5 Å². The van der Waals surface area contributed by atoms with Gasteiger partial charge in [0.25, 0.3) is 10.0 Å². The highest BCUT2D eigenvalue weighted by molar-refractivity contribution is 7.92. The van der Waals surface area contributed by atoms with Crippen LogP contribution in [0.5, 0.6) is 0 Å². The number of anilines is 2. The van der Waals surface area contributed by atoms with E-state index < -0.39 is 10.0 Å². The van der Waals surface area contributed by atoms with E-state index in [-0.39, 0.29) is 10.7 Å². The first-order chi connectivity index (χ1) is 8.53. The van der Waals surface area contributed by atoms with Gasteiger partial charge in [0, 0.05) is 18.9 Å². The zero-order valence-electron chi connectivity index (χ0n) is 9.74. The van der Waals surface area contributed by atoms with Crippen LogP contribution >= 0.6 is 0 Å². The number of nitrogens with one attached hydrogen (secondary N) is 1. The van der Waals surface area contributed by atoms with Gasteiger partial charge in [-0.15, -0.1) is 0 Å². The standard InChI is InChI=1S/C10H13N5O2S/c1-2-15-7-8(6-13-15)14-18(16,17)10-9(11)4-3-5-12-10/h3-7,14H,2,11H2,1H3.